The Kier molecular flexibility index (Phi) is 2.96. The highest BCUT2D eigenvalue weighted by molar-refractivity contribution is 6.21. The Morgan fingerprint density at radius 3 is 3.17 bits per heavy atom. The fraction of sp³-hybridized carbons (Fsp3) is 0.385. The van der Waals surface area contributed by atoms with Gasteiger partial charge >= 0.3 is 0 Å². The number of halogens is 1. The molecule has 0 bridgehead atoms. The first kappa shape index (κ1) is 11.5. The summed E-state index contributed by atoms with van der Waals surface area (Å²) in [6.07, 6.45) is 5.77. The first-order valence-corrected chi connectivity index (χ1v) is 6.54. The highest BCUT2D eigenvalue weighted by Gasteiger charge is 2.29. The average Bonchev–Trinajstić information content (AvgIpc) is 3.15. The number of carbonyl (C=O) groups excluding carboxylic acids is 1. The van der Waals surface area contributed by atoms with E-state index in [0.29, 0.717) is 18.0 Å². The van der Waals surface area contributed by atoms with Gasteiger partial charge in [0, 0.05) is 12.7 Å². The summed E-state index contributed by atoms with van der Waals surface area (Å²) in [4.78, 5) is 12.0. The van der Waals surface area contributed by atoms with Gasteiger partial charge in [-0.05, 0) is 30.9 Å². The molecule has 4 nitrogen and oxygen atoms in total. The number of amides is 1. The van der Waals surface area contributed by atoms with Crippen molar-refractivity contribution in [2.75, 3.05) is 6.54 Å². The Hall–Kier alpha value is -1.55. The van der Waals surface area contributed by atoms with Crippen molar-refractivity contribution in [2.24, 2.45) is 5.92 Å². The molecule has 1 aliphatic rings. The second-order valence-corrected chi connectivity index (χ2v) is 5.21. The number of hydrogen-bond donors (Lipinski definition) is 1. The van der Waals surface area contributed by atoms with Crippen molar-refractivity contribution in [2.45, 2.75) is 18.2 Å². The van der Waals surface area contributed by atoms with Gasteiger partial charge in [-0.15, -0.1) is 11.6 Å². The molecule has 1 saturated carbocycles. The number of nitrogens with zero attached hydrogens (tertiary/aromatic N) is 2. The highest BCUT2D eigenvalue weighted by Crippen LogP contribution is 2.35. The number of aromatic nitrogens is 2. The summed E-state index contributed by atoms with van der Waals surface area (Å²) >= 11 is 6.17. The molecular formula is C13H14ClN3O. The topological polar surface area (TPSA) is 46.4 Å². The van der Waals surface area contributed by atoms with Gasteiger partial charge in [-0.3, -0.25) is 4.79 Å². The van der Waals surface area contributed by atoms with Crippen molar-refractivity contribution in [1.29, 1.82) is 0 Å². The van der Waals surface area contributed by atoms with Gasteiger partial charge in [-0.1, -0.05) is 6.07 Å². The van der Waals surface area contributed by atoms with Crippen LogP contribution in [0.15, 0.2) is 30.6 Å². The maximum atomic E-state index is 12.0. The molecule has 18 heavy (non-hydrogen) atoms. The molecule has 1 aliphatic carbocycles. The number of hydrogen-bond acceptors (Lipinski definition) is 2. The van der Waals surface area contributed by atoms with Gasteiger partial charge in [-0.25, -0.2) is 4.52 Å². The largest absolute Gasteiger partial charge is 0.350 e. The molecule has 0 aliphatic heterocycles. The molecule has 2 aromatic heterocycles. The van der Waals surface area contributed by atoms with E-state index in [2.05, 4.69) is 10.4 Å². The normalized spacial score (nSPS) is 16.7. The van der Waals surface area contributed by atoms with Crippen molar-refractivity contribution in [3.63, 3.8) is 0 Å². The zero-order chi connectivity index (χ0) is 12.5. The minimum atomic E-state index is -0.109. The van der Waals surface area contributed by atoms with Crippen molar-refractivity contribution >= 4 is 23.0 Å². The third-order valence-corrected chi connectivity index (χ3v) is 3.77. The summed E-state index contributed by atoms with van der Waals surface area (Å²) in [5.74, 6) is 0.471. The third kappa shape index (κ3) is 2.20. The van der Waals surface area contributed by atoms with Crippen LogP contribution in [0, 0.1) is 5.92 Å². The number of carbonyl (C=O) groups is 1. The van der Waals surface area contributed by atoms with E-state index < -0.39 is 0 Å². The monoisotopic (exact) mass is 263 g/mol. The van der Waals surface area contributed by atoms with Gasteiger partial charge in [0.2, 0.25) is 0 Å². The SMILES string of the molecule is O=C(NCC(Cl)C1CC1)c1cnn2ccccc12. The van der Waals surface area contributed by atoms with Crippen molar-refractivity contribution in [3.05, 3.63) is 36.2 Å². The van der Waals surface area contributed by atoms with Gasteiger partial charge in [0.25, 0.3) is 5.91 Å². The molecule has 1 N–H and O–H groups in total. The summed E-state index contributed by atoms with van der Waals surface area (Å²) in [6, 6.07) is 5.65. The molecular weight excluding hydrogens is 250 g/mol. The van der Waals surface area contributed by atoms with E-state index in [-0.39, 0.29) is 11.3 Å². The Balaban J connectivity index is 1.71. The number of pyridine rings is 1. The molecule has 2 aromatic rings. The predicted molar refractivity (Wildman–Crippen MR) is 69.9 cm³/mol. The summed E-state index contributed by atoms with van der Waals surface area (Å²) in [5, 5.41) is 7.06. The summed E-state index contributed by atoms with van der Waals surface area (Å²) in [5.41, 5.74) is 1.41. The minimum absolute atomic E-state index is 0.0517. The second kappa shape index (κ2) is 4.61. The van der Waals surface area contributed by atoms with E-state index in [0.717, 1.165) is 5.52 Å². The van der Waals surface area contributed by atoms with Crippen LogP contribution in [0.2, 0.25) is 0 Å². The minimum Gasteiger partial charge on any atom is -0.350 e. The average molecular weight is 264 g/mol. The molecule has 3 rings (SSSR count). The number of nitrogens with one attached hydrogen (secondary N) is 1. The van der Waals surface area contributed by atoms with Crippen LogP contribution < -0.4 is 5.32 Å². The van der Waals surface area contributed by atoms with Crippen LogP contribution in [0.5, 0.6) is 0 Å². The van der Waals surface area contributed by atoms with Crippen molar-refractivity contribution < 1.29 is 4.79 Å². The standard InChI is InChI=1S/C13H14ClN3O/c14-11(9-4-5-9)8-15-13(18)10-7-16-17-6-2-1-3-12(10)17/h1-3,6-7,9,11H,4-5,8H2,(H,15,18). The van der Waals surface area contributed by atoms with E-state index in [4.69, 9.17) is 11.6 Å². The van der Waals surface area contributed by atoms with E-state index in [1.54, 1.807) is 10.7 Å². The lowest BCUT2D eigenvalue weighted by atomic mass is 10.2. The van der Waals surface area contributed by atoms with Crippen LogP contribution in [-0.2, 0) is 0 Å². The Labute approximate surface area is 110 Å². The Morgan fingerprint density at radius 2 is 2.39 bits per heavy atom. The van der Waals surface area contributed by atoms with Crippen LogP contribution in [-0.4, -0.2) is 27.4 Å². The summed E-state index contributed by atoms with van der Waals surface area (Å²) in [7, 11) is 0. The van der Waals surface area contributed by atoms with E-state index in [1.165, 1.54) is 12.8 Å². The van der Waals surface area contributed by atoms with Crippen LogP contribution in [0.3, 0.4) is 0 Å². The molecule has 2 heterocycles. The lowest BCUT2D eigenvalue weighted by molar-refractivity contribution is 0.0954. The second-order valence-electron chi connectivity index (χ2n) is 4.65. The lowest BCUT2D eigenvalue weighted by Crippen LogP contribution is -2.30. The first-order chi connectivity index (χ1) is 8.75. The summed E-state index contributed by atoms with van der Waals surface area (Å²) < 4.78 is 1.69. The molecule has 1 atom stereocenters. The quantitative estimate of drug-likeness (QED) is 0.859. The van der Waals surface area contributed by atoms with E-state index >= 15 is 0 Å². The lowest BCUT2D eigenvalue weighted by Gasteiger charge is -2.08. The van der Waals surface area contributed by atoms with Crippen LogP contribution >= 0.6 is 11.6 Å². The van der Waals surface area contributed by atoms with Crippen molar-refractivity contribution in [3.8, 4) is 0 Å². The van der Waals surface area contributed by atoms with Gasteiger partial charge in [-0.2, -0.15) is 5.10 Å². The maximum Gasteiger partial charge on any atom is 0.255 e. The Bertz CT molecular complexity index is 576. The summed E-state index contributed by atoms with van der Waals surface area (Å²) in [6.45, 7) is 0.523. The van der Waals surface area contributed by atoms with Gasteiger partial charge in [0.1, 0.15) is 0 Å². The molecule has 0 aromatic carbocycles. The zero-order valence-corrected chi connectivity index (χ0v) is 10.6. The molecule has 1 fully saturated rings. The molecule has 0 saturated heterocycles. The molecule has 1 unspecified atom stereocenters. The number of alkyl halides is 1. The number of fused-ring (bicyclic) bond motifs is 1. The smallest absolute Gasteiger partial charge is 0.255 e. The van der Waals surface area contributed by atoms with Crippen LogP contribution in [0.4, 0.5) is 0 Å². The fourth-order valence-electron chi connectivity index (χ4n) is 2.02. The molecule has 94 valence electrons. The Morgan fingerprint density at radius 1 is 1.56 bits per heavy atom. The van der Waals surface area contributed by atoms with Gasteiger partial charge < -0.3 is 5.32 Å². The molecule has 1 amide bonds. The van der Waals surface area contributed by atoms with Crippen LogP contribution in [0.1, 0.15) is 23.2 Å². The number of rotatable bonds is 4. The van der Waals surface area contributed by atoms with Crippen LogP contribution in [0.25, 0.3) is 5.52 Å². The van der Waals surface area contributed by atoms with E-state index in [9.17, 15) is 4.79 Å². The molecule has 0 spiro atoms. The van der Waals surface area contributed by atoms with Crippen molar-refractivity contribution in [1.82, 2.24) is 14.9 Å². The molecule has 0 radical (unpaired) electrons. The van der Waals surface area contributed by atoms with E-state index in [1.807, 2.05) is 24.4 Å². The highest BCUT2D eigenvalue weighted by atomic mass is 35.5. The van der Waals surface area contributed by atoms with Gasteiger partial charge in [0.05, 0.1) is 22.7 Å². The zero-order valence-electron chi connectivity index (χ0n) is 9.84. The first-order valence-electron chi connectivity index (χ1n) is 6.10. The third-order valence-electron chi connectivity index (χ3n) is 3.26. The molecule has 5 heteroatoms. The predicted octanol–water partition coefficient (Wildman–Crippen LogP) is 2.08. The van der Waals surface area contributed by atoms with Gasteiger partial charge in [0.15, 0.2) is 0 Å². The fourth-order valence-corrected chi connectivity index (χ4v) is 2.35. The maximum absolute atomic E-state index is 12.0.